The monoisotopic (exact) mass is 390 g/mol. The molecule has 3 aromatic carbocycles. The standard InChI is InChI=1S/C22H19BrN2/c23-19-14-8-7-13-18(19)15-20-24-21(16-9-3-1-4-10-16)22(25-20)17-11-5-2-6-12-17/h1-14,21-22H,15H2,(H,24,25)/t21-,22+. The van der Waals surface area contributed by atoms with E-state index in [9.17, 15) is 0 Å². The third-order valence-corrected chi connectivity index (χ3v) is 5.32. The van der Waals surface area contributed by atoms with Crippen LogP contribution in [0.1, 0.15) is 28.8 Å². The highest BCUT2D eigenvalue weighted by Crippen LogP contribution is 2.36. The highest BCUT2D eigenvalue weighted by molar-refractivity contribution is 9.10. The third-order valence-electron chi connectivity index (χ3n) is 4.55. The predicted octanol–water partition coefficient (Wildman–Crippen LogP) is 5.48. The van der Waals surface area contributed by atoms with Gasteiger partial charge in [0.2, 0.25) is 0 Å². The summed E-state index contributed by atoms with van der Waals surface area (Å²) in [6.07, 6.45) is 0.800. The molecule has 1 N–H and O–H groups in total. The molecule has 4 rings (SSSR count). The van der Waals surface area contributed by atoms with Gasteiger partial charge in [-0.05, 0) is 22.8 Å². The number of nitrogens with one attached hydrogen (secondary N) is 1. The van der Waals surface area contributed by atoms with E-state index in [1.165, 1.54) is 16.7 Å². The molecule has 0 aromatic heterocycles. The molecule has 0 saturated heterocycles. The van der Waals surface area contributed by atoms with Crippen molar-refractivity contribution in [2.24, 2.45) is 4.99 Å². The van der Waals surface area contributed by atoms with Gasteiger partial charge in [-0.15, -0.1) is 0 Å². The van der Waals surface area contributed by atoms with Gasteiger partial charge in [0.05, 0.1) is 6.04 Å². The summed E-state index contributed by atoms with van der Waals surface area (Å²) < 4.78 is 1.12. The van der Waals surface area contributed by atoms with E-state index < -0.39 is 0 Å². The SMILES string of the molecule is Brc1ccccc1CC1=N[C@@H](c2ccccc2)[C@@H](c2ccccc2)N1. The summed E-state index contributed by atoms with van der Waals surface area (Å²) in [5.41, 5.74) is 3.75. The fraction of sp³-hybridized carbons (Fsp3) is 0.136. The number of nitrogens with zero attached hydrogens (tertiary/aromatic N) is 1. The molecule has 0 amide bonds. The first-order chi connectivity index (χ1) is 12.3. The summed E-state index contributed by atoms with van der Waals surface area (Å²) in [6.45, 7) is 0. The first-order valence-electron chi connectivity index (χ1n) is 8.48. The Bertz CT molecular complexity index is 875. The van der Waals surface area contributed by atoms with Crippen LogP contribution in [0.15, 0.2) is 94.4 Å². The molecule has 2 atom stereocenters. The topological polar surface area (TPSA) is 24.4 Å². The van der Waals surface area contributed by atoms with Crippen LogP contribution in [-0.2, 0) is 6.42 Å². The van der Waals surface area contributed by atoms with Crippen LogP contribution in [0, 0.1) is 0 Å². The number of rotatable bonds is 4. The van der Waals surface area contributed by atoms with Crippen molar-refractivity contribution in [2.75, 3.05) is 0 Å². The molecule has 25 heavy (non-hydrogen) atoms. The summed E-state index contributed by atoms with van der Waals surface area (Å²) in [4.78, 5) is 5.04. The van der Waals surface area contributed by atoms with Crippen molar-refractivity contribution in [3.63, 3.8) is 0 Å². The minimum atomic E-state index is 0.0982. The molecule has 0 unspecified atom stereocenters. The van der Waals surface area contributed by atoms with Crippen molar-refractivity contribution in [3.8, 4) is 0 Å². The Morgan fingerprint density at radius 1 is 0.760 bits per heavy atom. The number of amidine groups is 1. The van der Waals surface area contributed by atoms with Gasteiger partial charge in [0.15, 0.2) is 0 Å². The second-order valence-electron chi connectivity index (χ2n) is 6.23. The van der Waals surface area contributed by atoms with E-state index in [2.05, 4.69) is 100 Å². The van der Waals surface area contributed by atoms with Crippen LogP contribution in [0.3, 0.4) is 0 Å². The van der Waals surface area contributed by atoms with Gasteiger partial charge in [0.1, 0.15) is 11.9 Å². The summed E-state index contributed by atoms with van der Waals surface area (Å²) in [5, 5.41) is 3.66. The van der Waals surface area contributed by atoms with E-state index in [0.717, 1.165) is 16.7 Å². The molecule has 0 fully saturated rings. The zero-order chi connectivity index (χ0) is 17.1. The first-order valence-corrected chi connectivity index (χ1v) is 9.27. The molecule has 0 saturated carbocycles. The third kappa shape index (κ3) is 3.52. The van der Waals surface area contributed by atoms with Gasteiger partial charge in [0, 0.05) is 10.9 Å². The largest absolute Gasteiger partial charge is 0.364 e. The molecular formula is C22H19BrN2. The number of hydrogen-bond acceptors (Lipinski definition) is 2. The van der Waals surface area contributed by atoms with Crippen molar-refractivity contribution in [1.29, 1.82) is 0 Å². The smallest absolute Gasteiger partial charge is 0.102 e. The van der Waals surface area contributed by atoms with Crippen LogP contribution >= 0.6 is 15.9 Å². The van der Waals surface area contributed by atoms with Crippen LogP contribution in [0.4, 0.5) is 0 Å². The van der Waals surface area contributed by atoms with Gasteiger partial charge in [-0.3, -0.25) is 4.99 Å². The molecule has 3 heteroatoms. The lowest BCUT2D eigenvalue weighted by Crippen LogP contribution is -2.25. The Morgan fingerprint density at radius 3 is 2.04 bits per heavy atom. The lowest BCUT2D eigenvalue weighted by Gasteiger charge is -2.19. The zero-order valence-electron chi connectivity index (χ0n) is 13.8. The first kappa shape index (κ1) is 16.1. The highest BCUT2D eigenvalue weighted by Gasteiger charge is 2.31. The number of halogens is 1. The van der Waals surface area contributed by atoms with E-state index in [1.54, 1.807) is 0 Å². The van der Waals surface area contributed by atoms with Crippen LogP contribution in [0.2, 0.25) is 0 Å². The van der Waals surface area contributed by atoms with E-state index >= 15 is 0 Å². The van der Waals surface area contributed by atoms with E-state index in [-0.39, 0.29) is 12.1 Å². The summed E-state index contributed by atoms with van der Waals surface area (Å²) in [5.74, 6) is 1.04. The van der Waals surface area contributed by atoms with Crippen LogP contribution < -0.4 is 5.32 Å². The molecule has 2 nitrogen and oxygen atoms in total. The summed E-state index contributed by atoms with van der Waals surface area (Å²) >= 11 is 3.64. The molecule has 124 valence electrons. The van der Waals surface area contributed by atoms with Crippen molar-refractivity contribution < 1.29 is 0 Å². The average molecular weight is 391 g/mol. The fourth-order valence-corrected chi connectivity index (χ4v) is 3.73. The maximum absolute atomic E-state index is 5.04. The molecule has 0 spiro atoms. The molecule has 1 aliphatic rings. The fourth-order valence-electron chi connectivity index (χ4n) is 3.30. The van der Waals surface area contributed by atoms with Crippen LogP contribution in [0.25, 0.3) is 0 Å². The Kier molecular flexibility index (Phi) is 4.66. The highest BCUT2D eigenvalue weighted by atomic mass is 79.9. The molecule has 3 aromatic rings. The van der Waals surface area contributed by atoms with Crippen LogP contribution in [0.5, 0.6) is 0 Å². The molecule has 1 aliphatic heterocycles. The molecule has 1 heterocycles. The predicted molar refractivity (Wildman–Crippen MR) is 107 cm³/mol. The quantitative estimate of drug-likeness (QED) is 0.626. The minimum Gasteiger partial charge on any atom is -0.364 e. The molecule has 0 radical (unpaired) electrons. The van der Waals surface area contributed by atoms with Crippen molar-refractivity contribution >= 4 is 21.8 Å². The van der Waals surface area contributed by atoms with Gasteiger partial charge in [-0.25, -0.2) is 0 Å². The number of benzene rings is 3. The van der Waals surface area contributed by atoms with Gasteiger partial charge in [-0.1, -0.05) is 94.8 Å². The van der Waals surface area contributed by atoms with E-state index in [0.29, 0.717) is 0 Å². The zero-order valence-corrected chi connectivity index (χ0v) is 15.4. The lowest BCUT2D eigenvalue weighted by atomic mass is 9.95. The maximum Gasteiger partial charge on any atom is 0.102 e. The Morgan fingerprint density at radius 2 is 1.36 bits per heavy atom. The normalized spacial score (nSPS) is 19.3. The van der Waals surface area contributed by atoms with Gasteiger partial charge in [0.25, 0.3) is 0 Å². The second-order valence-corrected chi connectivity index (χ2v) is 7.09. The summed E-state index contributed by atoms with van der Waals surface area (Å²) in [6, 6.07) is 29.7. The Labute approximate surface area is 156 Å². The van der Waals surface area contributed by atoms with Crippen LogP contribution in [-0.4, -0.2) is 5.84 Å². The molecule has 0 aliphatic carbocycles. The van der Waals surface area contributed by atoms with Crippen molar-refractivity contribution in [2.45, 2.75) is 18.5 Å². The van der Waals surface area contributed by atoms with E-state index in [1.807, 2.05) is 6.07 Å². The van der Waals surface area contributed by atoms with Gasteiger partial charge in [-0.2, -0.15) is 0 Å². The van der Waals surface area contributed by atoms with Crippen molar-refractivity contribution in [3.05, 3.63) is 106 Å². The van der Waals surface area contributed by atoms with E-state index in [4.69, 9.17) is 4.99 Å². The average Bonchev–Trinajstić information content (AvgIpc) is 3.09. The molecule has 0 bridgehead atoms. The maximum atomic E-state index is 5.04. The van der Waals surface area contributed by atoms with Gasteiger partial charge >= 0.3 is 0 Å². The Balaban J connectivity index is 1.66. The number of aliphatic imine (C=N–C) groups is 1. The minimum absolute atomic E-state index is 0.0982. The summed E-state index contributed by atoms with van der Waals surface area (Å²) in [7, 11) is 0. The Hall–Kier alpha value is -2.39. The number of hydrogen-bond donors (Lipinski definition) is 1. The molecular weight excluding hydrogens is 372 g/mol. The van der Waals surface area contributed by atoms with Crippen molar-refractivity contribution in [1.82, 2.24) is 5.32 Å². The second kappa shape index (κ2) is 7.24. The lowest BCUT2D eigenvalue weighted by molar-refractivity contribution is 0.572. The van der Waals surface area contributed by atoms with Gasteiger partial charge < -0.3 is 5.32 Å².